The zero-order valence-electron chi connectivity index (χ0n) is 15.1. The van der Waals surface area contributed by atoms with Gasteiger partial charge in [-0.05, 0) is 6.92 Å². The topological polar surface area (TPSA) is 244 Å². The highest BCUT2D eigenvalue weighted by molar-refractivity contribution is 7.66. The maximum Gasteiger partial charge on any atom is 0.490 e. The van der Waals surface area contributed by atoms with Gasteiger partial charge in [0, 0.05) is 18.2 Å². The quantitative estimate of drug-likeness (QED) is 0.222. The van der Waals surface area contributed by atoms with Gasteiger partial charge in [0.1, 0.15) is 6.10 Å². The van der Waals surface area contributed by atoms with Gasteiger partial charge in [-0.2, -0.15) is 8.62 Å². The molecule has 1 aromatic rings. The Morgan fingerprint density at radius 3 is 2.40 bits per heavy atom. The van der Waals surface area contributed by atoms with Crippen molar-refractivity contribution in [1.82, 2.24) is 9.55 Å². The number of phosphoric ester groups is 1. The summed E-state index contributed by atoms with van der Waals surface area (Å²) in [7, 11) is -16.4. The Hall–Kier alpha value is -0.990. The molecule has 16 nitrogen and oxygen atoms in total. The SMILES string of the molecule is Cc1cn([C@H]2CO[C@@H](CCOP(=O)(O)OP(=O)(O)OP(=O)(O)O)[C@@H]2O)c(=O)[nH]c1=O. The van der Waals surface area contributed by atoms with E-state index in [4.69, 9.17) is 19.4 Å². The molecule has 1 aromatic heterocycles. The number of aromatic amines is 1. The van der Waals surface area contributed by atoms with Gasteiger partial charge < -0.3 is 29.4 Å². The molecule has 30 heavy (non-hydrogen) atoms. The van der Waals surface area contributed by atoms with E-state index < -0.39 is 59.6 Å². The second-order valence-corrected chi connectivity index (χ2v) is 10.5. The van der Waals surface area contributed by atoms with E-state index in [1.165, 1.54) is 13.1 Å². The van der Waals surface area contributed by atoms with Crippen molar-refractivity contribution in [2.45, 2.75) is 31.6 Å². The molecule has 1 saturated heterocycles. The van der Waals surface area contributed by atoms with E-state index in [9.17, 15) is 33.3 Å². The minimum atomic E-state index is -5.63. The van der Waals surface area contributed by atoms with Crippen LogP contribution in [0.2, 0.25) is 0 Å². The van der Waals surface area contributed by atoms with Crippen molar-refractivity contribution in [2.75, 3.05) is 13.2 Å². The molecule has 2 rings (SSSR count). The Balaban J connectivity index is 1.94. The number of hydrogen-bond donors (Lipinski definition) is 6. The standard InChI is InChI=1S/C11H19N2O14P3/c1-6-4-13(11(16)12-10(6)15)7-5-24-8(9(7)14)2-3-25-29(20,21)27-30(22,23)26-28(17,18)19/h4,7-9,14H,2-3,5H2,1H3,(H,20,21)(H,22,23)(H,12,15,16)(H2,17,18,19)/t7-,8-,9+/m0/s1. The first kappa shape index (κ1) is 25.3. The van der Waals surface area contributed by atoms with E-state index in [1.807, 2.05) is 0 Å². The number of hydrogen-bond acceptors (Lipinski definition) is 10. The molecule has 0 amide bonds. The number of nitrogens with one attached hydrogen (secondary N) is 1. The molecule has 19 heteroatoms. The molecule has 5 atom stereocenters. The molecule has 0 aromatic carbocycles. The molecule has 0 saturated carbocycles. The zero-order chi connectivity index (χ0) is 22.9. The normalized spacial score (nSPS) is 26.3. The lowest BCUT2D eigenvalue weighted by Gasteiger charge is -2.20. The van der Waals surface area contributed by atoms with Gasteiger partial charge in [0.25, 0.3) is 5.56 Å². The van der Waals surface area contributed by atoms with E-state index in [0.717, 1.165) is 4.57 Å². The maximum atomic E-state index is 11.9. The minimum Gasteiger partial charge on any atom is -0.388 e. The van der Waals surface area contributed by atoms with Crippen LogP contribution in [0.3, 0.4) is 0 Å². The Kier molecular flexibility index (Phi) is 7.79. The fraction of sp³-hybridized carbons (Fsp3) is 0.636. The summed E-state index contributed by atoms with van der Waals surface area (Å²) in [6.45, 7) is 0.668. The van der Waals surface area contributed by atoms with Crippen LogP contribution < -0.4 is 11.2 Å². The number of ether oxygens (including phenoxy) is 1. The van der Waals surface area contributed by atoms with Crippen LogP contribution in [0.15, 0.2) is 15.8 Å². The highest BCUT2D eigenvalue weighted by Crippen LogP contribution is 2.66. The van der Waals surface area contributed by atoms with E-state index in [0.29, 0.717) is 0 Å². The van der Waals surface area contributed by atoms with Gasteiger partial charge in [-0.25, -0.2) is 18.5 Å². The highest BCUT2D eigenvalue weighted by atomic mass is 31.3. The molecule has 0 bridgehead atoms. The molecule has 0 aliphatic carbocycles. The third-order valence-corrected chi connectivity index (χ3v) is 7.67. The molecule has 1 fully saturated rings. The van der Waals surface area contributed by atoms with Crippen molar-refractivity contribution in [3.8, 4) is 0 Å². The van der Waals surface area contributed by atoms with Crippen molar-refractivity contribution in [1.29, 1.82) is 0 Å². The summed E-state index contributed by atoms with van der Waals surface area (Å²) in [5, 5.41) is 10.3. The molecule has 6 N–H and O–H groups in total. The lowest BCUT2D eigenvalue weighted by atomic mass is 10.1. The van der Waals surface area contributed by atoms with Crippen molar-refractivity contribution < 1.29 is 56.3 Å². The van der Waals surface area contributed by atoms with Gasteiger partial charge in [-0.15, -0.1) is 0 Å². The van der Waals surface area contributed by atoms with Crippen LogP contribution in [0.5, 0.6) is 0 Å². The summed E-state index contributed by atoms with van der Waals surface area (Å²) < 4.78 is 51.3. The molecular weight excluding hydrogens is 477 g/mol. The molecule has 0 radical (unpaired) electrons. The summed E-state index contributed by atoms with van der Waals surface area (Å²) in [5.74, 6) is 0. The van der Waals surface area contributed by atoms with Crippen LogP contribution in [-0.4, -0.2) is 59.7 Å². The number of rotatable bonds is 9. The van der Waals surface area contributed by atoms with Crippen molar-refractivity contribution >= 4 is 23.5 Å². The smallest absolute Gasteiger partial charge is 0.388 e. The number of aromatic nitrogens is 2. The van der Waals surface area contributed by atoms with Crippen molar-refractivity contribution in [3.05, 3.63) is 32.6 Å². The Morgan fingerprint density at radius 1 is 1.17 bits per heavy atom. The predicted octanol–water partition coefficient (Wildman–Crippen LogP) is -1.12. The number of aryl methyl sites for hydroxylation is 1. The number of nitrogens with zero attached hydrogens (tertiary/aromatic N) is 1. The molecule has 2 unspecified atom stereocenters. The van der Waals surface area contributed by atoms with Gasteiger partial charge in [-0.3, -0.25) is 18.9 Å². The predicted molar refractivity (Wildman–Crippen MR) is 95.3 cm³/mol. The molecule has 2 heterocycles. The maximum absolute atomic E-state index is 11.9. The van der Waals surface area contributed by atoms with Crippen LogP contribution in [-0.2, 0) is 31.6 Å². The summed E-state index contributed by atoms with van der Waals surface area (Å²) in [6.07, 6.45) is -1.26. The fourth-order valence-electron chi connectivity index (χ4n) is 2.59. The summed E-state index contributed by atoms with van der Waals surface area (Å²) in [6, 6.07) is -0.871. The van der Waals surface area contributed by atoms with E-state index >= 15 is 0 Å². The Bertz CT molecular complexity index is 1030. The first-order chi connectivity index (χ1) is 13.6. The van der Waals surface area contributed by atoms with E-state index in [-0.39, 0.29) is 18.6 Å². The largest absolute Gasteiger partial charge is 0.490 e. The number of phosphoric acid groups is 3. The van der Waals surface area contributed by atoms with Crippen LogP contribution in [0.4, 0.5) is 0 Å². The number of aliphatic hydroxyl groups is 1. The van der Waals surface area contributed by atoms with Gasteiger partial charge >= 0.3 is 29.2 Å². The average Bonchev–Trinajstić information content (AvgIpc) is 2.88. The summed E-state index contributed by atoms with van der Waals surface area (Å²) in [5.41, 5.74) is -1.14. The van der Waals surface area contributed by atoms with Gasteiger partial charge in [0.15, 0.2) is 0 Å². The summed E-state index contributed by atoms with van der Waals surface area (Å²) >= 11 is 0. The second-order valence-electron chi connectivity index (χ2n) is 6.12. The third kappa shape index (κ3) is 7.02. The zero-order valence-corrected chi connectivity index (χ0v) is 17.8. The van der Waals surface area contributed by atoms with Crippen LogP contribution >= 0.6 is 23.5 Å². The first-order valence-electron chi connectivity index (χ1n) is 8.00. The van der Waals surface area contributed by atoms with Crippen LogP contribution in [0, 0.1) is 6.92 Å². The molecule has 1 aliphatic heterocycles. The summed E-state index contributed by atoms with van der Waals surface area (Å²) in [4.78, 5) is 60.7. The lowest BCUT2D eigenvalue weighted by Crippen LogP contribution is -2.38. The highest BCUT2D eigenvalue weighted by Gasteiger charge is 2.42. The Labute approximate surface area is 167 Å². The van der Waals surface area contributed by atoms with Gasteiger partial charge in [-0.1, -0.05) is 0 Å². The number of aliphatic hydroxyl groups excluding tert-OH is 1. The lowest BCUT2D eigenvalue weighted by molar-refractivity contribution is 0.0226. The van der Waals surface area contributed by atoms with Gasteiger partial charge in [0.2, 0.25) is 0 Å². The molecule has 0 spiro atoms. The van der Waals surface area contributed by atoms with E-state index in [1.54, 1.807) is 0 Å². The van der Waals surface area contributed by atoms with Gasteiger partial charge in [0.05, 0.1) is 25.4 Å². The minimum absolute atomic E-state index is 0.132. The number of H-pyrrole nitrogens is 1. The van der Waals surface area contributed by atoms with Crippen LogP contribution in [0.25, 0.3) is 0 Å². The van der Waals surface area contributed by atoms with Crippen molar-refractivity contribution in [2.24, 2.45) is 0 Å². The molecular formula is C11H19N2O14P3. The monoisotopic (exact) mass is 496 g/mol. The molecule has 1 aliphatic rings. The van der Waals surface area contributed by atoms with E-state index in [2.05, 4.69) is 18.1 Å². The first-order valence-corrected chi connectivity index (χ1v) is 12.5. The Morgan fingerprint density at radius 2 is 1.80 bits per heavy atom. The average molecular weight is 496 g/mol. The van der Waals surface area contributed by atoms with Crippen LogP contribution in [0.1, 0.15) is 18.0 Å². The second kappa shape index (κ2) is 9.25. The molecule has 172 valence electrons. The third-order valence-electron chi connectivity index (χ3n) is 3.83. The fourth-order valence-corrected chi connectivity index (χ4v) is 5.62. The van der Waals surface area contributed by atoms with Crippen molar-refractivity contribution in [3.63, 3.8) is 0 Å².